The number of hydrogen-bond donors (Lipinski definition) is 0. The standard InChI is InChI=1S/C24H37ClN2O3/c1-5-7-8-14-27(18(3)9-6-2)23(28)19-12-15-26(16-13-19)24(29)21-17-20(25)10-11-22(21)30-4/h10-11,17-19H,5-9,12-16H2,1-4H3. The van der Waals surface area contributed by atoms with Crippen LogP contribution in [0.25, 0.3) is 0 Å². The molecule has 1 saturated heterocycles. The largest absolute Gasteiger partial charge is 0.496 e. The van der Waals surface area contributed by atoms with E-state index in [0.717, 1.165) is 38.6 Å². The molecule has 0 aromatic heterocycles. The summed E-state index contributed by atoms with van der Waals surface area (Å²) in [5.41, 5.74) is 0.479. The van der Waals surface area contributed by atoms with E-state index in [-0.39, 0.29) is 23.8 Å². The fourth-order valence-corrected chi connectivity index (χ4v) is 4.41. The average molecular weight is 437 g/mol. The summed E-state index contributed by atoms with van der Waals surface area (Å²) in [6.07, 6.45) is 6.88. The van der Waals surface area contributed by atoms with Crippen LogP contribution >= 0.6 is 11.6 Å². The van der Waals surface area contributed by atoms with Gasteiger partial charge in [-0.2, -0.15) is 0 Å². The zero-order chi connectivity index (χ0) is 22.1. The van der Waals surface area contributed by atoms with E-state index in [1.54, 1.807) is 25.3 Å². The number of unbranched alkanes of at least 4 members (excludes halogenated alkanes) is 2. The number of amides is 2. The molecule has 0 N–H and O–H groups in total. The lowest BCUT2D eigenvalue weighted by Gasteiger charge is -2.37. The van der Waals surface area contributed by atoms with Crippen molar-refractivity contribution in [3.63, 3.8) is 0 Å². The minimum Gasteiger partial charge on any atom is -0.496 e. The summed E-state index contributed by atoms with van der Waals surface area (Å²) in [5.74, 6) is 0.702. The first-order chi connectivity index (χ1) is 14.4. The van der Waals surface area contributed by atoms with Gasteiger partial charge in [0, 0.05) is 36.6 Å². The van der Waals surface area contributed by atoms with Gasteiger partial charge in [-0.3, -0.25) is 9.59 Å². The fourth-order valence-electron chi connectivity index (χ4n) is 4.24. The van der Waals surface area contributed by atoms with Gasteiger partial charge < -0.3 is 14.5 Å². The highest BCUT2D eigenvalue weighted by Crippen LogP contribution is 2.27. The minimum absolute atomic E-state index is 0.00348. The summed E-state index contributed by atoms with van der Waals surface area (Å²) in [4.78, 5) is 30.2. The van der Waals surface area contributed by atoms with Crippen LogP contribution in [0.4, 0.5) is 0 Å². The molecule has 1 aromatic rings. The minimum atomic E-state index is -0.0839. The first-order valence-corrected chi connectivity index (χ1v) is 11.7. The topological polar surface area (TPSA) is 49.9 Å². The van der Waals surface area contributed by atoms with Crippen molar-refractivity contribution in [2.24, 2.45) is 5.92 Å². The van der Waals surface area contributed by atoms with Gasteiger partial charge in [0.2, 0.25) is 5.91 Å². The summed E-state index contributed by atoms with van der Waals surface area (Å²) < 4.78 is 5.33. The Kier molecular flexibility index (Phi) is 9.96. The SMILES string of the molecule is CCCCCN(C(=O)C1CCN(C(=O)c2cc(Cl)ccc2OC)CC1)C(C)CCC. The molecule has 1 unspecified atom stereocenters. The Morgan fingerprint density at radius 3 is 2.50 bits per heavy atom. The molecule has 1 fully saturated rings. The molecule has 0 aliphatic carbocycles. The Hall–Kier alpha value is -1.75. The molecule has 168 valence electrons. The number of rotatable bonds is 10. The van der Waals surface area contributed by atoms with E-state index in [2.05, 4.69) is 25.7 Å². The average Bonchev–Trinajstić information content (AvgIpc) is 2.76. The third kappa shape index (κ3) is 6.37. The number of methoxy groups -OCH3 is 1. The van der Waals surface area contributed by atoms with Crippen molar-refractivity contribution in [1.29, 1.82) is 0 Å². The maximum absolute atomic E-state index is 13.3. The molecule has 6 heteroatoms. The van der Waals surface area contributed by atoms with Gasteiger partial charge in [0.15, 0.2) is 0 Å². The van der Waals surface area contributed by atoms with Crippen molar-refractivity contribution in [2.75, 3.05) is 26.7 Å². The van der Waals surface area contributed by atoms with E-state index in [1.165, 1.54) is 0 Å². The second-order valence-corrected chi connectivity index (χ2v) is 8.72. The highest BCUT2D eigenvalue weighted by molar-refractivity contribution is 6.31. The van der Waals surface area contributed by atoms with Crippen molar-refractivity contribution in [3.8, 4) is 5.75 Å². The first kappa shape index (κ1) is 24.5. The molecule has 1 aliphatic rings. The van der Waals surface area contributed by atoms with Crippen LogP contribution in [0.1, 0.15) is 76.1 Å². The van der Waals surface area contributed by atoms with E-state index in [1.807, 2.05) is 4.90 Å². The molecule has 2 rings (SSSR count). The van der Waals surface area contributed by atoms with Crippen LogP contribution in [0.5, 0.6) is 5.75 Å². The Morgan fingerprint density at radius 1 is 1.20 bits per heavy atom. The van der Waals surface area contributed by atoms with E-state index >= 15 is 0 Å². The van der Waals surface area contributed by atoms with E-state index in [0.29, 0.717) is 42.3 Å². The van der Waals surface area contributed by atoms with Crippen LogP contribution in [0.15, 0.2) is 18.2 Å². The van der Waals surface area contributed by atoms with Crippen molar-refractivity contribution in [3.05, 3.63) is 28.8 Å². The van der Waals surface area contributed by atoms with Crippen molar-refractivity contribution in [1.82, 2.24) is 9.80 Å². The molecule has 0 radical (unpaired) electrons. The number of carbonyl (C=O) groups excluding carboxylic acids is 2. The van der Waals surface area contributed by atoms with Gasteiger partial charge in [-0.15, -0.1) is 0 Å². The van der Waals surface area contributed by atoms with Gasteiger partial charge >= 0.3 is 0 Å². The highest BCUT2D eigenvalue weighted by atomic mass is 35.5. The number of benzene rings is 1. The van der Waals surface area contributed by atoms with Gasteiger partial charge in [-0.25, -0.2) is 0 Å². The van der Waals surface area contributed by atoms with Crippen LogP contribution in [0.3, 0.4) is 0 Å². The summed E-state index contributed by atoms with van der Waals surface area (Å²) in [5, 5.41) is 0.511. The number of hydrogen-bond acceptors (Lipinski definition) is 3. The fraction of sp³-hybridized carbons (Fsp3) is 0.667. The van der Waals surface area contributed by atoms with Crippen molar-refractivity contribution in [2.45, 2.75) is 71.8 Å². The Labute approximate surface area is 186 Å². The lowest BCUT2D eigenvalue weighted by Crippen LogP contribution is -2.47. The molecule has 1 heterocycles. The van der Waals surface area contributed by atoms with Crippen molar-refractivity contribution < 1.29 is 14.3 Å². The molecule has 0 saturated carbocycles. The van der Waals surface area contributed by atoms with Crippen molar-refractivity contribution >= 4 is 23.4 Å². The maximum atomic E-state index is 13.3. The zero-order valence-electron chi connectivity index (χ0n) is 19.0. The molecular formula is C24H37ClN2O3. The second kappa shape index (κ2) is 12.2. The Balaban J connectivity index is 2.01. The van der Waals surface area contributed by atoms with E-state index in [4.69, 9.17) is 16.3 Å². The van der Waals surface area contributed by atoms with Gasteiger partial charge in [0.1, 0.15) is 5.75 Å². The van der Waals surface area contributed by atoms with Gasteiger partial charge in [0.25, 0.3) is 5.91 Å². The predicted octanol–water partition coefficient (Wildman–Crippen LogP) is 5.41. The number of piperidine rings is 1. The monoisotopic (exact) mass is 436 g/mol. The first-order valence-electron chi connectivity index (χ1n) is 11.4. The van der Waals surface area contributed by atoms with Crippen LogP contribution in [0.2, 0.25) is 5.02 Å². The smallest absolute Gasteiger partial charge is 0.257 e. The maximum Gasteiger partial charge on any atom is 0.257 e. The third-order valence-electron chi connectivity index (χ3n) is 6.05. The van der Waals surface area contributed by atoms with Crippen LogP contribution < -0.4 is 4.74 Å². The molecule has 30 heavy (non-hydrogen) atoms. The molecular weight excluding hydrogens is 400 g/mol. The zero-order valence-corrected chi connectivity index (χ0v) is 19.7. The lowest BCUT2D eigenvalue weighted by atomic mass is 9.93. The number of likely N-dealkylation sites (tertiary alicyclic amines) is 1. The molecule has 5 nitrogen and oxygen atoms in total. The highest BCUT2D eigenvalue weighted by Gasteiger charge is 2.32. The number of carbonyl (C=O) groups is 2. The van der Waals surface area contributed by atoms with Crippen LogP contribution in [-0.4, -0.2) is 54.4 Å². The van der Waals surface area contributed by atoms with Gasteiger partial charge in [0.05, 0.1) is 12.7 Å². The molecule has 0 spiro atoms. The summed E-state index contributed by atoms with van der Waals surface area (Å²) in [6.45, 7) is 8.51. The molecule has 1 atom stereocenters. The molecule has 2 amide bonds. The molecule has 1 aromatic carbocycles. The number of halogens is 1. The lowest BCUT2D eigenvalue weighted by molar-refractivity contribution is -0.139. The summed E-state index contributed by atoms with van der Waals surface area (Å²) >= 11 is 6.09. The Morgan fingerprint density at radius 2 is 1.90 bits per heavy atom. The third-order valence-corrected chi connectivity index (χ3v) is 6.28. The van der Waals surface area contributed by atoms with Gasteiger partial charge in [-0.1, -0.05) is 44.7 Å². The quantitative estimate of drug-likeness (QED) is 0.461. The number of ether oxygens (including phenoxy) is 1. The summed E-state index contributed by atoms with van der Waals surface area (Å²) in [7, 11) is 1.55. The van der Waals surface area contributed by atoms with Crippen LogP contribution in [-0.2, 0) is 4.79 Å². The summed E-state index contributed by atoms with van der Waals surface area (Å²) in [6, 6.07) is 5.36. The van der Waals surface area contributed by atoms with Gasteiger partial charge in [-0.05, 0) is 50.8 Å². The molecule has 0 bridgehead atoms. The van der Waals surface area contributed by atoms with E-state index < -0.39 is 0 Å². The predicted molar refractivity (Wildman–Crippen MR) is 122 cm³/mol. The van der Waals surface area contributed by atoms with Crippen LogP contribution in [0, 0.1) is 5.92 Å². The number of nitrogens with zero attached hydrogens (tertiary/aromatic N) is 2. The Bertz CT molecular complexity index is 702. The normalized spacial score (nSPS) is 15.7. The second-order valence-electron chi connectivity index (χ2n) is 8.29. The van der Waals surface area contributed by atoms with E-state index in [9.17, 15) is 9.59 Å². The molecule has 1 aliphatic heterocycles.